The van der Waals surface area contributed by atoms with Crippen LogP contribution < -0.4 is 4.90 Å². The number of aromatic nitrogens is 1. The van der Waals surface area contributed by atoms with Crippen LogP contribution in [0.1, 0.15) is 21.5 Å². The number of hydrogen-bond donors (Lipinski definition) is 0. The average Bonchev–Trinajstić information content (AvgIpc) is 2.46. The van der Waals surface area contributed by atoms with Crippen molar-refractivity contribution in [3.63, 3.8) is 0 Å². The molecule has 2 rings (SSSR count). The molecule has 0 aliphatic heterocycles. The second-order valence-corrected chi connectivity index (χ2v) is 4.74. The molecule has 0 aliphatic rings. The number of aryl methyl sites for hydroxylation is 2. The number of benzene rings is 1. The molecule has 1 heterocycles. The summed E-state index contributed by atoms with van der Waals surface area (Å²) in [5.41, 5.74) is 3.94. The number of esters is 1. The van der Waals surface area contributed by atoms with Crippen molar-refractivity contribution >= 4 is 17.5 Å². The molecule has 0 atom stereocenters. The van der Waals surface area contributed by atoms with E-state index in [9.17, 15) is 4.79 Å². The first-order valence-corrected chi connectivity index (χ1v) is 6.38. The number of carbonyl (C=O) groups is 1. The molecule has 0 fully saturated rings. The van der Waals surface area contributed by atoms with Gasteiger partial charge in [0.25, 0.3) is 0 Å². The molecule has 1 aromatic heterocycles. The molecule has 0 spiro atoms. The molecule has 0 bridgehead atoms. The first-order chi connectivity index (χ1) is 9.52. The van der Waals surface area contributed by atoms with Crippen molar-refractivity contribution in [3.8, 4) is 0 Å². The molecular weight excluding hydrogens is 252 g/mol. The molecule has 0 N–H and O–H groups in total. The van der Waals surface area contributed by atoms with E-state index in [1.807, 2.05) is 11.9 Å². The van der Waals surface area contributed by atoms with E-state index in [-0.39, 0.29) is 5.97 Å². The maximum atomic E-state index is 11.6. The van der Waals surface area contributed by atoms with Crippen LogP contribution in [-0.4, -0.2) is 25.1 Å². The highest BCUT2D eigenvalue weighted by molar-refractivity contribution is 5.90. The predicted molar refractivity (Wildman–Crippen MR) is 79.6 cm³/mol. The van der Waals surface area contributed by atoms with E-state index < -0.39 is 0 Å². The molecular formula is C16H18N2O2. The van der Waals surface area contributed by atoms with Gasteiger partial charge in [0.15, 0.2) is 0 Å². The van der Waals surface area contributed by atoms with Crippen LogP contribution in [0.2, 0.25) is 0 Å². The Bertz CT molecular complexity index is 638. The molecule has 1 aromatic carbocycles. The van der Waals surface area contributed by atoms with Gasteiger partial charge in [-0.05, 0) is 37.6 Å². The number of methoxy groups -OCH3 is 1. The number of anilines is 2. The quantitative estimate of drug-likeness (QED) is 0.803. The van der Waals surface area contributed by atoms with Crippen molar-refractivity contribution in [3.05, 3.63) is 53.2 Å². The number of hydrogen-bond acceptors (Lipinski definition) is 4. The zero-order valence-corrected chi connectivity index (χ0v) is 12.2. The fraction of sp³-hybridized carbons (Fsp3) is 0.250. The standard InChI is InChI=1S/C16H18N2O2/c1-11-5-6-14(12(2)9-11)18(3)15-10-13(7-8-17-15)16(19)20-4/h5-10H,1-4H3. The third-order valence-electron chi connectivity index (χ3n) is 3.22. The Hall–Kier alpha value is -2.36. The Labute approximate surface area is 119 Å². The van der Waals surface area contributed by atoms with Gasteiger partial charge in [0.1, 0.15) is 5.82 Å². The van der Waals surface area contributed by atoms with Crippen LogP contribution in [0.4, 0.5) is 11.5 Å². The Balaban J connectivity index is 2.38. The lowest BCUT2D eigenvalue weighted by Crippen LogP contribution is -2.13. The normalized spacial score (nSPS) is 10.2. The van der Waals surface area contributed by atoms with E-state index in [2.05, 4.69) is 37.0 Å². The summed E-state index contributed by atoms with van der Waals surface area (Å²) in [6.07, 6.45) is 1.61. The van der Waals surface area contributed by atoms with Gasteiger partial charge in [-0.3, -0.25) is 0 Å². The zero-order valence-electron chi connectivity index (χ0n) is 12.2. The van der Waals surface area contributed by atoms with E-state index in [0.717, 1.165) is 11.3 Å². The topological polar surface area (TPSA) is 42.4 Å². The lowest BCUT2D eigenvalue weighted by molar-refractivity contribution is 0.0600. The van der Waals surface area contributed by atoms with Crippen LogP contribution in [0.25, 0.3) is 0 Å². The van der Waals surface area contributed by atoms with E-state index >= 15 is 0 Å². The predicted octanol–water partition coefficient (Wildman–Crippen LogP) is 3.25. The summed E-state index contributed by atoms with van der Waals surface area (Å²) < 4.78 is 4.73. The van der Waals surface area contributed by atoms with Crippen molar-refractivity contribution < 1.29 is 9.53 Å². The maximum Gasteiger partial charge on any atom is 0.338 e. The minimum atomic E-state index is -0.359. The first kappa shape index (κ1) is 14.1. The summed E-state index contributed by atoms with van der Waals surface area (Å²) in [6, 6.07) is 9.60. The SMILES string of the molecule is COC(=O)c1ccnc(N(C)c2ccc(C)cc2C)c1. The van der Waals surface area contributed by atoms with Crippen molar-refractivity contribution in [1.29, 1.82) is 0 Å². The van der Waals surface area contributed by atoms with Gasteiger partial charge in [0.2, 0.25) is 0 Å². The van der Waals surface area contributed by atoms with E-state index in [1.165, 1.54) is 12.7 Å². The molecule has 4 heteroatoms. The molecule has 20 heavy (non-hydrogen) atoms. The minimum Gasteiger partial charge on any atom is -0.465 e. The molecule has 0 saturated heterocycles. The molecule has 0 radical (unpaired) electrons. The van der Waals surface area contributed by atoms with Crippen LogP contribution in [0.5, 0.6) is 0 Å². The van der Waals surface area contributed by atoms with Crippen LogP contribution in [0, 0.1) is 13.8 Å². The van der Waals surface area contributed by atoms with Gasteiger partial charge in [-0.1, -0.05) is 17.7 Å². The van der Waals surface area contributed by atoms with Crippen molar-refractivity contribution in [2.45, 2.75) is 13.8 Å². The largest absolute Gasteiger partial charge is 0.465 e. The summed E-state index contributed by atoms with van der Waals surface area (Å²) in [4.78, 5) is 17.8. The summed E-state index contributed by atoms with van der Waals surface area (Å²) >= 11 is 0. The molecule has 0 saturated carbocycles. The van der Waals surface area contributed by atoms with E-state index in [0.29, 0.717) is 11.4 Å². The van der Waals surface area contributed by atoms with Crippen LogP contribution >= 0.6 is 0 Å². The van der Waals surface area contributed by atoms with Gasteiger partial charge in [0.05, 0.1) is 12.7 Å². The lowest BCUT2D eigenvalue weighted by atomic mass is 10.1. The van der Waals surface area contributed by atoms with E-state index in [1.54, 1.807) is 18.3 Å². The van der Waals surface area contributed by atoms with Gasteiger partial charge in [-0.15, -0.1) is 0 Å². The van der Waals surface area contributed by atoms with Crippen molar-refractivity contribution in [1.82, 2.24) is 4.98 Å². The summed E-state index contributed by atoms with van der Waals surface area (Å²) in [5, 5.41) is 0. The van der Waals surface area contributed by atoms with Crippen LogP contribution in [0.15, 0.2) is 36.5 Å². The van der Waals surface area contributed by atoms with Crippen molar-refractivity contribution in [2.75, 3.05) is 19.1 Å². The molecule has 104 valence electrons. The number of carbonyl (C=O) groups excluding carboxylic acids is 1. The molecule has 0 amide bonds. The summed E-state index contributed by atoms with van der Waals surface area (Å²) in [5.74, 6) is 0.350. The van der Waals surface area contributed by atoms with Gasteiger partial charge in [-0.2, -0.15) is 0 Å². The number of pyridine rings is 1. The summed E-state index contributed by atoms with van der Waals surface area (Å²) in [6.45, 7) is 4.12. The number of ether oxygens (including phenoxy) is 1. The number of nitrogens with zero attached hydrogens (tertiary/aromatic N) is 2. The van der Waals surface area contributed by atoms with Crippen LogP contribution in [-0.2, 0) is 4.74 Å². The third kappa shape index (κ3) is 2.79. The molecule has 0 unspecified atom stereocenters. The first-order valence-electron chi connectivity index (χ1n) is 6.38. The van der Waals surface area contributed by atoms with Crippen LogP contribution in [0.3, 0.4) is 0 Å². The minimum absolute atomic E-state index is 0.359. The Morgan fingerprint density at radius 2 is 1.95 bits per heavy atom. The Morgan fingerprint density at radius 1 is 1.20 bits per heavy atom. The fourth-order valence-electron chi connectivity index (χ4n) is 2.15. The zero-order chi connectivity index (χ0) is 14.7. The fourth-order valence-corrected chi connectivity index (χ4v) is 2.15. The smallest absolute Gasteiger partial charge is 0.338 e. The Morgan fingerprint density at radius 3 is 2.60 bits per heavy atom. The summed E-state index contributed by atoms with van der Waals surface area (Å²) in [7, 11) is 3.30. The highest BCUT2D eigenvalue weighted by Crippen LogP contribution is 2.26. The maximum absolute atomic E-state index is 11.6. The molecule has 0 aliphatic carbocycles. The second-order valence-electron chi connectivity index (χ2n) is 4.74. The third-order valence-corrected chi connectivity index (χ3v) is 3.22. The molecule has 4 nitrogen and oxygen atoms in total. The monoisotopic (exact) mass is 270 g/mol. The van der Waals surface area contributed by atoms with Gasteiger partial charge in [-0.25, -0.2) is 9.78 Å². The van der Waals surface area contributed by atoms with Gasteiger partial charge in [0, 0.05) is 18.9 Å². The van der Waals surface area contributed by atoms with Gasteiger partial charge >= 0.3 is 5.97 Å². The highest BCUT2D eigenvalue weighted by atomic mass is 16.5. The van der Waals surface area contributed by atoms with Gasteiger partial charge < -0.3 is 9.64 Å². The second kappa shape index (κ2) is 5.74. The molecule has 2 aromatic rings. The average molecular weight is 270 g/mol. The highest BCUT2D eigenvalue weighted by Gasteiger charge is 2.12. The lowest BCUT2D eigenvalue weighted by Gasteiger charge is -2.21. The van der Waals surface area contributed by atoms with Crippen molar-refractivity contribution in [2.24, 2.45) is 0 Å². The Kier molecular flexibility index (Phi) is 4.03. The van der Waals surface area contributed by atoms with E-state index in [4.69, 9.17) is 4.74 Å². The number of rotatable bonds is 3.